The average Bonchev–Trinajstić information content (AvgIpc) is 2.03. The van der Waals surface area contributed by atoms with E-state index < -0.39 is 7.67 Å². The topological polar surface area (TPSA) is 41.6 Å². The molecule has 1 heterocycles. The van der Waals surface area contributed by atoms with Crippen molar-refractivity contribution in [2.75, 3.05) is 27.2 Å². The van der Waals surface area contributed by atoms with Crippen molar-refractivity contribution in [1.29, 1.82) is 0 Å². The van der Waals surface area contributed by atoms with Gasteiger partial charge in [-0.05, 0) is 19.5 Å². The van der Waals surface area contributed by atoms with Crippen molar-refractivity contribution in [3.63, 3.8) is 0 Å². The highest BCUT2D eigenvalue weighted by Crippen LogP contribution is 2.48. The van der Waals surface area contributed by atoms with E-state index in [0.29, 0.717) is 12.5 Å². The summed E-state index contributed by atoms with van der Waals surface area (Å²) in [5.74, 6) is 0.421. The molecule has 1 saturated heterocycles. The Labute approximate surface area is 86.6 Å². The van der Waals surface area contributed by atoms with Gasteiger partial charge in [0.15, 0.2) is 0 Å². The van der Waals surface area contributed by atoms with Crippen LogP contribution in [0.1, 0.15) is 20.8 Å². The van der Waals surface area contributed by atoms with Gasteiger partial charge in [0.1, 0.15) is 0 Å². The normalized spacial score (nSPS) is 34.9. The quantitative estimate of drug-likeness (QED) is 0.686. The molecule has 4 nitrogen and oxygen atoms in total. The summed E-state index contributed by atoms with van der Waals surface area (Å²) in [6.07, 6.45) is 0. The SMILES string of the molecule is CN(C)[P@@]1(=O)NC[C@H](C(C)(C)C)CO1. The van der Waals surface area contributed by atoms with E-state index in [2.05, 4.69) is 25.9 Å². The monoisotopic (exact) mass is 220 g/mol. The summed E-state index contributed by atoms with van der Waals surface area (Å²) in [6, 6.07) is 0. The minimum atomic E-state index is -2.71. The first-order chi connectivity index (χ1) is 6.26. The molecule has 0 aromatic carbocycles. The van der Waals surface area contributed by atoms with Crippen molar-refractivity contribution in [3.05, 3.63) is 0 Å². The van der Waals surface area contributed by atoms with E-state index in [4.69, 9.17) is 4.52 Å². The average molecular weight is 220 g/mol. The number of hydrogen-bond acceptors (Lipinski definition) is 2. The van der Waals surface area contributed by atoms with Crippen molar-refractivity contribution in [2.45, 2.75) is 20.8 Å². The van der Waals surface area contributed by atoms with Crippen LogP contribution in [-0.2, 0) is 9.09 Å². The Bertz CT molecular complexity index is 236. The summed E-state index contributed by atoms with van der Waals surface area (Å²) in [5, 5.41) is 3.01. The summed E-state index contributed by atoms with van der Waals surface area (Å²) in [7, 11) is 0.829. The number of nitrogens with one attached hydrogen (secondary N) is 1. The molecule has 5 heteroatoms. The molecule has 0 aliphatic carbocycles. The zero-order valence-corrected chi connectivity index (χ0v) is 10.6. The first-order valence-electron chi connectivity index (χ1n) is 4.93. The van der Waals surface area contributed by atoms with Crippen molar-refractivity contribution in [3.8, 4) is 0 Å². The maximum Gasteiger partial charge on any atom is 0.342 e. The maximum absolute atomic E-state index is 12.0. The van der Waals surface area contributed by atoms with Crippen LogP contribution in [0.3, 0.4) is 0 Å². The third-order valence-electron chi connectivity index (χ3n) is 2.74. The van der Waals surface area contributed by atoms with Gasteiger partial charge in [-0.25, -0.2) is 9.76 Å². The van der Waals surface area contributed by atoms with Crippen LogP contribution in [0.15, 0.2) is 0 Å². The predicted octanol–water partition coefficient (Wildman–Crippen LogP) is 1.94. The van der Waals surface area contributed by atoms with Crippen LogP contribution in [0.5, 0.6) is 0 Å². The Balaban J connectivity index is 2.59. The van der Waals surface area contributed by atoms with E-state index in [0.717, 1.165) is 6.54 Å². The summed E-state index contributed by atoms with van der Waals surface area (Å²) < 4.78 is 19.1. The van der Waals surface area contributed by atoms with E-state index in [9.17, 15) is 4.57 Å². The molecule has 2 atom stereocenters. The predicted molar refractivity (Wildman–Crippen MR) is 58.2 cm³/mol. The number of rotatable bonds is 1. The van der Waals surface area contributed by atoms with Gasteiger partial charge in [0, 0.05) is 12.5 Å². The van der Waals surface area contributed by atoms with E-state index in [-0.39, 0.29) is 5.41 Å². The Morgan fingerprint density at radius 1 is 1.43 bits per heavy atom. The molecule has 0 radical (unpaired) electrons. The fourth-order valence-corrected chi connectivity index (χ4v) is 2.77. The highest BCUT2D eigenvalue weighted by atomic mass is 31.2. The minimum Gasteiger partial charge on any atom is -0.306 e. The van der Waals surface area contributed by atoms with Crippen LogP contribution in [-0.4, -0.2) is 31.9 Å². The smallest absolute Gasteiger partial charge is 0.306 e. The summed E-state index contributed by atoms with van der Waals surface area (Å²) >= 11 is 0. The number of nitrogens with zero attached hydrogens (tertiary/aromatic N) is 1. The summed E-state index contributed by atoms with van der Waals surface area (Å²) in [4.78, 5) is 0. The fourth-order valence-electron chi connectivity index (χ4n) is 1.33. The molecule has 14 heavy (non-hydrogen) atoms. The summed E-state index contributed by atoms with van der Waals surface area (Å²) in [6.45, 7) is 7.86. The van der Waals surface area contributed by atoms with Crippen LogP contribution in [0.4, 0.5) is 0 Å². The lowest BCUT2D eigenvalue weighted by atomic mass is 9.81. The largest absolute Gasteiger partial charge is 0.342 e. The standard InChI is InChI=1S/C9H21N2O2P/c1-9(2,3)8-6-10-14(12,11(4)5)13-7-8/h8H,6-7H2,1-5H3,(H,10,12)/t8-,14+/m0/s1. The maximum atomic E-state index is 12.0. The molecule has 0 spiro atoms. The van der Waals surface area contributed by atoms with Crippen LogP contribution < -0.4 is 5.09 Å². The Hall–Kier alpha value is 0.110. The molecule has 1 fully saturated rings. The Morgan fingerprint density at radius 2 is 2.00 bits per heavy atom. The molecule has 84 valence electrons. The molecule has 1 aliphatic rings. The molecule has 1 rings (SSSR count). The fraction of sp³-hybridized carbons (Fsp3) is 1.00. The Morgan fingerprint density at radius 3 is 2.29 bits per heavy atom. The van der Waals surface area contributed by atoms with E-state index in [1.807, 2.05) is 0 Å². The molecule has 0 aromatic rings. The second kappa shape index (κ2) is 3.93. The lowest BCUT2D eigenvalue weighted by Crippen LogP contribution is -2.41. The van der Waals surface area contributed by atoms with Gasteiger partial charge in [0.2, 0.25) is 0 Å². The molecule has 0 amide bonds. The highest BCUT2D eigenvalue weighted by Gasteiger charge is 2.37. The van der Waals surface area contributed by atoms with Gasteiger partial charge in [-0.3, -0.25) is 4.57 Å². The first-order valence-corrected chi connectivity index (χ1v) is 6.51. The van der Waals surface area contributed by atoms with Gasteiger partial charge in [-0.2, -0.15) is 0 Å². The van der Waals surface area contributed by atoms with Crippen molar-refractivity contribution >= 4 is 7.67 Å². The van der Waals surface area contributed by atoms with Crippen molar-refractivity contribution < 1.29 is 9.09 Å². The van der Waals surface area contributed by atoms with Crippen LogP contribution >= 0.6 is 7.67 Å². The van der Waals surface area contributed by atoms with Gasteiger partial charge in [0.25, 0.3) is 0 Å². The first kappa shape index (κ1) is 12.2. The van der Waals surface area contributed by atoms with Gasteiger partial charge < -0.3 is 4.52 Å². The van der Waals surface area contributed by atoms with Crippen LogP contribution in [0.2, 0.25) is 0 Å². The molecular weight excluding hydrogens is 199 g/mol. The zero-order valence-electron chi connectivity index (χ0n) is 9.70. The lowest BCUT2D eigenvalue weighted by Gasteiger charge is -2.38. The second-order valence-electron chi connectivity index (χ2n) is 5.09. The van der Waals surface area contributed by atoms with E-state index in [1.54, 1.807) is 18.8 Å². The van der Waals surface area contributed by atoms with Gasteiger partial charge >= 0.3 is 7.67 Å². The molecule has 0 unspecified atom stereocenters. The lowest BCUT2D eigenvalue weighted by molar-refractivity contribution is 0.117. The molecular formula is C9H21N2O2P. The molecule has 0 aromatic heterocycles. The number of hydrogen-bond donors (Lipinski definition) is 1. The van der Waals surface area contributed by atoms with Crippen LogP contribution in [0, 0.1) is 11.3 Å². The minimum absolute atomic E-state index is 0.199. The van der Waals surface area contributed by atoms with Gasteiger partial charge in [-0.15, -0.1) is 0 Å². The van der Waals surface area contributed by atoms with Crippen LogP contribution in [0.25, 0.3) is 0 Å². The Kier molecular flexibility index (Phi) is 3.42. The molecule has 1 aliphatic heterocycles. The third kappa shape index (κ3) is 2.57. The van der Waals surface area contributed by atoms with Crippen molar-refractivity contribution in [2.24, 2.45) is 11.3 Å². The third-order valence-corrected chi connectivity index (χ3v) is 4.87. The second-order valence-corrected chi connectivity index (χ2v) is 7.50. The molecule has 0 saturated carbocycles. The van der Waals surface area contributed by atoms with E-state index >= 15 is 0 Å². The highest BCUT2D eigenvalue weighted by molar-refractivity contribution is 7.54. The molecule has 0 bridgehead atoms. The van der Waals surface area contributed by atoms with E-state index in [1.165, 1.54) is 0 Å². The van der Waals surface area contributed by atoms with Crippen molar-refractivity contribution in [1.82, 2.24) is 9.76 Å². The summed E-state index contributed by atoms with van der Waals surface area (Å²) in [5.41, 5.74) is 0.199. The molecule has 1 N–H and O–H groups in total. The van der Waals surface area contributed by atoms with Gasteiger partial charge in [-0.1, -0.05) is 20.8 Å². The van der Waals surface area contributed by atoms with Gasteiger partial charge in [0.05, 0.1) is 6.61 Å². The zero-order chi connectivity index (χ0) is 11.0.